The number of unbranched alkanes of at least 4 members (excludes halogenated alkanes) is 2. The van der Waals surface area contributed by atoms with Crippen molar-refractivity contribution < 1.29 is 9.53 Å². The van der Waals surface area contributed by atoms with Crippen LogP contribution in [-0.2, 0) is 9.53 Å². The van der Waals surface area contributed by atoms with Gasteiger partial charge in [0.05, 0.1) is 6.07 Å². The van der Waals surface area contributed by atoms with Crippen LogP contribution in [0.4, 0.5) is 0 Å². The third kappa shape index (κ3) is 5.41. The number of esters is 1. The van der Waals surface area contributed by atoms with E-state index < -0.39 is 0 Å². The van der Waals surface area contributed by atoms with Crippen molar-refractivity contribution in [3.05, 3.63) is 0 Å². The van der Waals surface area contributed by atoms with Crippen molar-refractivity contribution in [1.29, 1.82) is 5.26 Å². The van der Waals surface area contributed by atoms with E-state index in [1.54, 1.807) is 0 Å². The van der Waals surface area contributed by atoms with Crippen LogP contribution < -0.4 is 0 Å². The quantitative estimate of drug-likeness (QED) is 0.516. The molecule has 0 aromatic rings. The number of rotatable bonds is 5. The molecule has 1 aliphatic carbocycles. The van der Waals surface area contributed by atoms with Crippen LogP contribution in [0.2, 0.25) is 0 Å². The van der Waals surface area contributed by atoms with Gasteiger partial charge >= 0.3 is 5.97 Å². The van der Waals surface area contributed by atoms with Crippen molar-refractivity contribution in [2.24, 2.45) is 0 Å². The molecule has 3 heteroatoms. The van der Waals surface area contributed by atoms with Crippen LogP contribution in [0.15, 0.2) is 0 Å². The Kier molecular flexibility index (Phi) is 5.84. The average Bonchev–Trinajstić information content (AvgIpc) is 2.26. The zero-order valence-electron chi connectivity index (χ0n) is 9.21. The maximum Gasteiger partial charge on any atom is 0.306 e. The van der Waals surface area contributed by atoms with Crippen LogP contribution >= 0.6 is 0 Å². The van der Waals surface area contributed by atoms with Gasteiger partial charge in [0.2, 0.25) is 0 Å². The Morgan fingerprint density at radius 3 is 2.67 bits per heavy atom. The first-order valence-corrected chi connectivity index (χ1v) is 5.89. The summed E-state index contributed by atoms with van der Waals surface area (Å²) in [5, 5.41) is 8.33. The summed E-state index contributed by atoms with van der Waals surface area (Å²) in [4.78, 5) is 11.4. The zero-order chi connectivity index (χ0) is 10.9. The largest absolute Gasteiger partial charge is 0.462 e. The van der Waals surface area contributed by atoms with E-state index >= 15 is 0 Å². The third-order valence-electron chi connectivity index (χ3n) is 2.77. The lowest BCUT2D eigenvalue weighted by atomic mass is 9.98. The highest BCUT2D eigenvalue weighted by atomic mass is 16.5. The van der Waals surface area contributed by atoms with Gasteiger partial charge in [-0.3, -0.25) is 4.79 Å². The molecule has 0 aromatic carbocycles. The molecule has 0 heterocycles. The van der Waals surface area contributed by atoms with Crippen LogP contribution in [0.5, 0.6) is 0 Å². The number of nitrogens with zero attached hydrogens (tertiary/aromatic N) is 1. The number of ether oxygens (including phenoxy) is 1. The highest BCUT2D eigenvalue weighted by Crippen LogP contribution is 2.20. The molecule has 1 fully saturated rings. The lowest BCUT2D eigenvalue weighted by Crippen LogP contribution is -2.20. The van der Waals surface area contributed by atoms with Crippen LogP contribution in [0.3, 0.4) is 0 Å². The fourth-order valence-electron chi connectivity index (χ4n) is 1.90. The number of carbonyl (C=O) groups excluding carboxylic acids is 1. The molecule has 0 saturated heterocycles. The average molecular weight is 209 g/mol. The summed E-state index contributed by atoms with van der Waals surface area (Å²) in [5.74, 6) is -0.0835. The van der Waals surface area contributed by atoms with Gasteiger partial charge in [-0.2, -0.15) is 5.26 Å². The lowest BCUT2D eigenvalue weighted by molar-refractivity contribution is -0.150. The van der Waals surface area contributed by atoms with Crippen LogP contribution in [-0.4, -0.2) is 12.1 Å². The Hall–Kier alpha value is -1.04. The van der Waals surface area contributed by atoms with E-state index in [0.717, 1.165) is 25.7 Å². The summed E-state index contributed by atoms with van der Waals surface area (Å²) < 4.78 is 5.35. The second-order valence-corrected chi connectivity index (χ2v) is 4.12. The molecule has 3 nitrogen and oxygen atoms in total. The smallest absolute Gasteiger partial charge is 0.306 e. The predicted molar refractivity (Wildman–Crippen MR) is 57.0 cm³/mol. The maximum atomic E-state index is 11.4. The molecular weight excluding hydrogens is 190 g/mol. The van der Waals surface area contributed by atoms with Gasteiger partial charge in [-0.25, -0.2) is 0 Å². The predicted octanol–water partition coefficient (Wildman–Crippen LogP) is 2.95. The molecule has 0 radical (unpaired) electrons. The molecule has 1 rings (SSSR count). The van der Waals surface area contributed by atoms with Crippen LogP contribution in [0.25, 0.3) is 0 Å². The lowest BCUT2D eigenvalue weighted by Gasteiger charge is -2.21. The summed E-state index contributed by atoms with van der Waals surface area (Å²) in [6.45, 7) is 0. The van der Waals surface area contributed by atoms with E-state index in [2.05, 4.69) is 6.07 Å². The van der Waals surface area contributed by atoms with Crippen molar-refractivity contribution in [3.8, 4) is 6.07 Å². The molecule has 0 amide bonds. The minimum atomic E-state index is -0.0835. The van der Waals surface area contributed by atoms with Gasteiger partial charge in [0, 0.05) is 12.8 Å². The molecule has 0 unspecified atom stereocenters. The molecule has 0 spiro atoms. The molecule has 84 valence electrons. The number of hydrogen-bond donors (Lipinski definition) is 0. The number of hydrogen-bond acceptors (Lipinski definition) is 3. The Morgan fingerprint density at radius 2 is 2.00 bits per heavy atom. The topological polar surface area (TPSA) is 50.1 Å². The van der Waals surface area contributed by atoms with Crippen LogP contribution in [0, 0.1) is 11.3 Å². The molecule has 1 saturated carbocycles. The van der Waals surface area contributed by atoms with Crippen molar-refractivity contribution >= 4 is 5.97 Å². The van der Waals surface area contributed by atoms with E-state index in [0.29, 0.717) is 12.8 Å². The normalized spacial score (nSPS) is 17.0. The Bertz CT molecular complexity index is 226. The van der Waals surface area contributed by atoms with Crippen molar-refractivity contribution in [2.45, 2.75) is 63.9 Å². The SMILES string of the molecule is N#CCCCCC(=O)OC1CCCCC1. The van der Waals surface area contributed by atoms with Gasteiger partial charge in [0.15, 0.2) is 0 Å². The third-order valence-corrected chi connectivity index (χ3v) is 2.77. The maximum absolute atomic E-state index is 11.4. The minimum absolute atomic E-state index is 0.0835. The summed E-state index contributed by atoms with van der Waals surface area (Å²) in [5.41, 5.74) is 0. The first-order valence-electron chi connectivity index (χ1n) is 5.89. The van der Waals surface area contributed by atoms with Gasteiger partial charge < -0.3 is 4.74 Å². The first kappa shape index (κ1) is 12.0. The van der Waals surface area contributed by atoms with Crippen molar-refractivity contribution in [2.75, 3.05) is 0 Å². The Balaban J connectivity index is 2.04. The van der Waals surface area contributed by atoms with Gasteiger partial charge in [-0.1, -0.05) is 6.42 Å². The highest BCUT2D eigenvalue weighted by Gasteiger charge is 2.16. The van der Waals surface area contributed by atoms with Gasteiger partial charge in [0.25, 0.3) is 0 Å². The zero-order valence-corrected chi connectivity index (χ0v) is 9.21. The molecule has 15 heavy (non-hydrogen) atoms. The van der Waals surface area contributed by atoms with Crippen molar-refractivity contribution in [1.82, 2.24) is 0 Å². The van der Waals surface area contributed by atoms with Gasteiger partial charge in [-0.05, 0) is 38.5 Å². The molecule has 0 atom stereocenters. The Labute approximate surface area is 91.4 Å². The molecular formula is C12H19NO2. The second kappa shape index (κ2) is 7.28. The second-order valence-electron chi connectivity index (χ2n) is 4.12. The molecule has 1 aliphatic rings. The highest BCUT2D eigenvalue weighted by molar-refractivity contribution is 5.69. The van der Waals surface area contributed by atoms with Crippen LogP contribution in [0.1, 0.15) is 57.8 Å². The van der Waals surface area contributed by atoms with E-state index in [4.69, 9.17) is 10.00 Å². The summed E-state index contributed by atoms with van der Waals surface area (Å²) in [6, 6.07) is 2.07. The summed E-state index contributed by atoms with van der Waals surface area (Å²) >= 11 is 0. The van der Waals surface area contributed by atoms with Crippen molar-refractivity contribution in [3.63, 3.8) is 0 Å². The molecule has 0 aliphatic heterocycles. The molecule has 0 bridgehead atoms. The van der Waals surface area contributed by atoms with E-state index in [9.17, 15) is 4.79 Å². The van der Waals surface area contributed by atoms with E-state index in [1.165, 1.54) is 19.3 Å². The van der Waals surface area contributed by atoms with Gasteiger partial charge in [-0.15, -0.1) is 0 Å². The number of carbonyl (C=O) groups is 1. The molecule has 0 N–H and O–H groups in total. The summed E-state index contributed by atoms with van der Waals surface area (Å²) in [6.07, 6.45) is 8.47. The monoisotopic (exact) mass is 209 g/mol. The fraction of sp³-hybridized carbons (Fsp3) is 0.833. The number of nitriles is 1. The standard InChI is InChI=1S/C12H19NO2/c13-10-6-2-5-9-12(14)15-11-7-3-1-4-8-11/h11H,1-9H2. The van der Waals surface area contributed by atoms with Gasteiger partial charge in [0.1, 0.15) is 6.10 Å². The first-order chi connectivity index (χ1) is 7.33. The summed E-state index contributed by atoms with van der Waals surface area (Å²) in [7, 11) is 0. The Morgan fingerprint density at radius 1 is 1.27 bits per heavy atom. The van der Waals surface area contributed by atoms with E-state index in [1.807, 2.05) is 0 Å². The molecule has 0 aromatic heterocycles. The van der Waals surface area contributed by atoms with E-state index in [-0.39, 0.29) is 12.1 Å². The fourth-order valence-corrected chi connectivity index (χ4v) is 1.90. The minimum Gasteiger partial charge on any atom is -0.462 e.